The van der Waals surface area contributed by atoms with E-state index >= 15 is 8.78 Å². The minimum Gasteiger partial charge on any atom is -0.493 e. The van der Waals surface area contributed by atoms with Crippen molar-refractivity contribution < 1.29 is 42.5 Å². The monoisotopic (exact) mass is 867 g/mol. The summed E-state index contributed by atoms with van der Waals surface area (Å²) in [6.07, 6.45) is 7.71. The highest BCUT2D eigenvalue weighted by Gasteiger charge is 2.34. The number of carbonyl (C=O) groups excluding carboxylic acids is 3. The highest BCUT2D eigenvalue weighted by Crippen LogP contribution is 2.32. The molecule has 5 fully saturated rings. The Balaban J connectivity index is 0.00000182. The van der Waals surface area contributed by atoms with Gasteiger partial charge in [-0.15, -0.1) is 0 Å². The molecule has 2 aromatic carbocycles. The number of carbonyl (C=O) groups is 4. The number of H-pyrrole nitrogens is 1. The van der Waals surface area contributed by atoms with Crippen molar-refractivity contribution in [2.45, 2.75) is 87.3 Å². The second kappa shape index (κ2) is 20.8. The average molecular weight is 868 g/mol. The fraction of sp³-hybridized carbons (Fsp3) is 0.581. The van der Waals surface area contributed by atoms with E-state index in [0.717, 1.165) is 77.9 Å². The van der Waals surface area contributed by atoms with Gasteiger partial charge in [0.15, 0.2) is 0 Å². The number of aromatic amines is 1. The van der Waals surface area contributed by atoms with Crippen molar-refractivity contribution in [1.29, 1.82) is 0 Å². The molecule has 6 heterocycles. The summed E-state index contributed by atoms with van der Waals surface area (Å²) in [4.78, 5) is 72.1. The van der Waals surface area contributed by atoms with E-state index in [1.54, 1.807) is 30.0 Å². The van der Waals surface area contributed by atoms with E-state index in [9.17, 15) is 19.2 Å². The van der Waals surface area contributed by atoms with Gasteiger partial charge in [-0.1, -0.05) is 0 Å². The lowest BCUT2D eigenvalue weighted by atomic mass is 9.92. The molecule has 0 spiro atoms. The quantitative estimate of drug-likeness (QED) is 0.156. The molecule has 1 aromatic heterocycles. The van der Waals surface area contributed by atoms with E-state index in [1.807, 2.05) is 9.80 Å². The fourth-order valence-electron chi connectivity index (χ4n) is 9.10. The maximum absolute atomic E-state index is 15.2. The Kier molecular flexibility index (Phi) is 15.1. The van der Waals surface area contributed by atoms with Crippen molar-refractivity contribution in [2.75, 3.05) is 69.3 Å². The number of piperidine rings is 4. The van der Waals surface area contributed by atoms with Gasteiger partial charge in [-0.2, -0.15) is 11.8 Å². The first-order valence-corrected chi connectivity index (χ1v) is 22.4. The average Bonchev–Trinajstić information content (AvgIpc) is 3.26. The number of nitrogens with zero attached hydrogens (tertiary/aromatic N) is 4. The third kappa shape index (κ3) is 11.4. The smallest absolute Gasteiger partial charge is 0.290 e. The second-order valence-electron chi connectivity index (χ2n) is 16.5. The number of carboxylic acid groups (broad SMARTS) is 1. The van der Waals surface area contributed by atoms with E-state index in [4.69, 9.17) is 19.4 Å². The Morgan fingerprint density at radius 3 is 2.34 bits per heavy atom. The van der Waals surface area contributed by atoms with E-state index < -0.39 is 23.3 Å². The van der Waals surface area contributed by atoms with Crippen molar-refractivity contribution in [3.8, 4) is 5.75 Å². The number of thioether (sulfide) groups is 1. The number of amides is 3. The molecule has 330 valence electrons. The molecule has 18 heteroatoms. The number of imide groups is 1. The third-order valence-corrected chi connectivity index (χ3v) is 13.9. The van der Waals surface area contributed by atoms with Crippen molar-refractivity contribution >= 4 is 58.2 Å². The molecule has 5 aliphatic heterocycles. The largest absolute Gasteiger partial charge is 0.493 e. The summed E-state index contributed by atoms with van der Waals surface area (Å²) in [7, 11) is 0. The van der Waals surface area contributed by atoms with Gasteiger partial charge in [0.25, 0.3) is 12.0 Å². The molecule has 4 N–H and O–H groups in total. The molecular weight excluding hydrogens is 813 g/mol. The van der Waals surface area contributed by atoms with Crippen LogP contribution in [0.25, 0.3) is 10.9 Å². The molecule has 15 nitrogen and oxygen atoms in total. The SMILES string of the molecule is O=C1CCC(Nc2ccc(N3CCC(C(=O)N4CCC(N5CCC(COc6cc(F)c7c(=O)[nH]c(CSC8CCOCC8)nc7c6)CC5)CC4)CC3)c(F)c2)C(=O)N1.O=CO. The van der Waals surface area contributed by atoms with Crippen LogP contribution in [-0.4, -0.2) is 125 Å². The zero-order chi connectivity index (χ0) is 42.9. The predicted molar refractivity (Wildman–Crippen MR) is 227 cm³/mol. The van der Waals surface area contributed by atoms with Gasteiger partial charge in [0.2, 0.25) is 17.7 Å². The van der Waals surface area contributed by atoms with E-state index in [-0.39, 0.29) is 41.8 Å². The Morgan fingerprint density at radius 2 is 1.66 bits per heavy atom. The first kappa shape index (κ1) is 44.3. The third-order valence-electron chi connectivity index (χ3n) is 12.5. The zero-order valence-electron chi connectivity index (χ0n) is 34.3. The molecule has 0 radical (unpaired) electrons. The van der Waals surface area contributed by atoms with Crippen LogP contribution in [0.5, 0.6) is 5.75 Å². The zero-order valence-corrected chi connectivity index (χ0v) is 35.1. The summed E-state index contributed by atoms with van der Waals surface area (Å²) in [5, 5.41) is 12.6. The number of benzene rings is 2. The molecule has 0 saturated carbocycles. The topological polar surface area (TPSA) is 186 Å². The van der Waals surface area contributed by atoms with Crippen LogP contribution in [0.1, 0.15) is 70.0 Å². The number of rotatable bonds is 11. The maximum atomic E-state index is 15.2. The van der Waals surface area contributed by atoms with Gasteiger partial charge in [-0.25, -0.2) is 13.8 Å². The summed E-state index contributed by atoms with van der Waals surface area (Å²) >= 11 is 1.74. The van der Waals surface area contributed by atoms with Crippen LogP contribution in [0.2, 0.25) is 0 Å². The number of hydrogen-bond acceptors (Lipinski definition) is 12. The molecule has 61 heavy (non-hydrogen) atoms. The highest BCUT2D eigenvalue weighted by atomic mass is 32.2. The van der Waals surface area contributed by atoms with Crippen LogP contribution < -0.4 is 25.8 Å². The van der Waals surface area contributed by atoms with Gasteiger partial charge in [0.1, 0.15) is 34.6 Å². The lowest BCUT2D eigenvalue weighted by molar-refractivity contribution is -0.138. The normalized spacial score (nSPS) is 21.4. The summed E-state index contributed by atoms with van der Waals surface area (Å²) < 4.78 is 41.8. The Hall–Kier alpha value is -4.81. The molecule has 5 saturated heterocycles. The number of halogens is 2. The van der Waals surface area contributed by atoms with Gasteiger partial charge >= 0.3 is 0 Å². The molecule has 3 aromatic rings. The number of ether oxygens (including phenoxy) is 2. The van der Waals surface area contributed by atoms with Gasteiger partial charge in [0.05, 0.1) is 23.6 Å². The molecule has 0 bridgehead atoms. The van der Waals surface area contributed by atoms with Crippen LogP contribution in [0, 0.1) is 23.5 Å². The minimum absolute atomic E-state index is 0.0439. The summed E-state index contributed by atoms with van der Waals surface area (Å²) in [6, 6.07) is 7.66. The van der Waals surface area contributed by atoms with E-state index in [2.05, 4.69) is 25.5 Å². The van der Waals surface area contributed by atoms with Crippen molar-refractivity contribution in [1.82, 2.24) is 25.1 Å². The number of likely N-dealkylation sites (tertiary alicyclic amines) is 2. The van der Waals surface area contributed by atoms with Gasteiger partial charge < -0.3 is 39.6 Å². The van der Waals surface area contributed by atoms with Gasteiger partial charge in [-0.05, 0) is 95.0 Å². The van der Waals surface area contributed by atoms with Crippen molar-refractivity contribution in [3.63, 3.8) is 0 Å². The van der Waals surface area contributed by atoms with Gasteiger partial charge in [0, 0.05) is 80.8 Å². The molecule has 1 atom stereocenters. The lowest BCUT2D eigenvalue weighted by Crippen LogP contribution is -2.51. The highest BCUT2D eigenvalue weighted by molar-refractivity contribution is 7.99. The van der Waals surface area contributed by atoms with Crippen molar-refractivity contribution in [3.05, 3.63) is 58.1 Å². The lowest BCUT2D eigenvalue weighted by Gasteiger charge is -2.43. The first-order chi connectivity index (χ1) is 29.6. The maximum Gasteiger partial charge on any atom is 0.290 e. The fourth-order valence-corrected chi connectivity index (χ4v) is 10.2. The second-order valence-corrected chi connectivity index (χ2v) is 17.8. The predicted octanol–water partition coefficient (Wildman–Crippen LogP) is 4.53. The van der Waals surface area contributed by atoms with Crippen LogP contribution in [0.3, 0.4) is 0 Å². The molecule has 0 aliphatic carbocycles. The molecule has 8 rings (SSSR count). The number of aromatic nitrogens is 2. The number of hydrogen-bond donors (Lipinski definition) is 4. The Bertz CT molecular complexity index is 2080. The number of nitrogens with one attached hydrogen (secondary N) is 3. The van der Waals surface area contributed by atoms with Crippen LogP contribution in [-0.2, 0) is 29.7 Å². The van der Waals surface area contributed by atoms with Crippen LogP contribution >= 0.6 is 11.8 Å². The summed E-state index contributed by atoms with van der Waals surface area (Å²) in [6.45, 7) is 6.28. The first-order valence-electron chi connectivity index (χ1n) is 21.4. The Labute approximate surface area is 357 Å². The standard InChI is InChI=1S/C42H53F2N7O6S.CH2O2/c43-32-21-28(45-34-2-4-38(52)48-40(34)53)1-3-36(32)50-15-7-27(8-16-50)42(55)51-17-9-29(10-18-51)49-13-5-26(6-14-49)24-57-30-22-33(44)39-35(23-30)46-37(47-41(39)54)25-58-31-11-19-56-20-12-31;2-1-3/h1,3,21-23,26-27,29,31,34,45H,2,4-20,24-25H2,(H,46,47,54)(H,48,52,53);1H,(H,2,3). The van der Waals surface area contributed by atoms with Gasteiger partial charge in [-0.3, -0.25) is 29.3 Å². The Morgan fingerprint density at radius 1 is 0.934 bits per heavy atom. The van der Waals surface area contributed by atoms with Crippen LogP contribution in [0.4, 0.5) is 20.2 Å². The van der Waals surface area contributed by atoms with Crippen molar-refractivity contribution in [2.24, 2.45) is 11.8 Å². The molecule has 5 aliphatic rings. The van der Waals surface area contributed by atoms with E-state index in [1.165, 1.54) is 12.1 Å². The molecule has 1 unspecified atom stereocenters. The summed E-state index contributed by atoms with van der Waals surface area (Å²) in [5.74, 6) is 0.226. The van der Waals surface area contributed by atoms with Crippen LogP contribution in [0.15, 0.2) is 35.1 Å². The van der Waals surface area contributed by atoms with E-state index in [0.29, 0.717) is 90.4 Å². The number of anilines is 2. The number of fused-ring (bicyclic) bond motifs is 1. The summed E-state index contributed by atoms with van der Waals surface area (Å²) in [5.41, 5.74) is 0.813. The minimum atomic E-state index is -0.629. The molecule has 3 amide bonds. The molecular formula is C43H55F2N7O8S.